The molecule has 118 valence electrons. The van der Waals surface area contributed by atoms with Crippen molar-refractivity contribution in [2.24, 2.45) is 0 Å². The molecule has 2 aromatic carbocycles. The summed E-state index contributed by atoms with van der Waals surface area (Å²) in [5.74, 6) is -0.537. The SMILES string of the molecule is N#Cc1ccc(S(=O)(=O)NC(=O)CCCc2ccccc2)cc1. The number of hydrogen-bond donors (Lipinski definition) is 1. The Bertz CT molecular complexity index is 807. The molecule has 0 aliphatic rings. The van der Waals surface area contributed by atoms with Crippen molar-refractivity contribution in [2.75, 3.05) is 0 Å². The monoisotopic (exact) mass is 328 g/mol. The minimum atomic E-state index is -3.89. The van der Waals surface area contributed by atoms with E-state index >= 15 is 0 Å². The van der Waals surface area contributed by atoms with Gasteiger partial charge >= 0.3 is 0 Å². The number of sulfonamides is 1. The smallest absolute Gasteiger partial charge is 0.264 e. The highest BCUT2D eigenvalue weighted by Crippen LogP contribution is 2.11. The lowest BCUT2D eigenvalue weighted by atomic mass is 10.1. The second kappa shape index (κ2) is 7.56. The number of carbonyl (C=O) groups excluding carboxylic acids is 1. The molecule has 5 nitrogen and oxygen atoms in total. The van der Waals surface area contributed by atoms with E-state index in [4.69, 9.17) is 5.26 Å². The van der Waals surface area contributed by atoms with Gasteiger partial charge in [0.05, 0.1) is 16.5 Å². The number of aryl methyl sites for hydroxylation is 1. The van der Waals surface area contributed by atoms with E-state index in [2.05, 4.69) is 0 Å². The van der Waals surface area contributed by atoms with Gasteiger partial charge < -0.3 is 0 Å². The predicted octanol–water partition coefficient (Wildman–Crippen LogP) is 2.39. The molecule has 1 amide bonds. The van der Waals surface area contributed by atoms with Crippen molar-refractivity contribution in [1.29, 1.82) is 5.26 Å². The van der Waals surface area contributed by atoms with Crippen LogP contribution in [0.2, 0.25) is 0 Å². The minimum Gasteiger partial charge on any atom is -0.274 e. The molecule has 0 fully saturated rings. The van der Waals surface area contributed by atoms with E-state index < -0.39 is 15.9 Å². The summed E-state index contributed by atoms with van der Waals surface area (Å²) in [5, 5.41) is 8.70. The average Bonchev–Trinajstić information content (AvgIpc) is 2.55. The van der Waals surface area contributed by atoms with E-state index in [9.17, 15) is 13.2 Å². The van der Waals surface area contributed by atoms with E-state index in [0.717, 1.165) is 5.56 Å². The number of nitrogens with zero attached hydrogens (tertiary/aromatic N) is 1. The van der Waals surface area contributed by atoms with E-state index in [1.165, 1.54) is 24.3 Å². The van der Waals surface area contributed by atoms with Crippen LogP contribution in [0.25, 0.3) is 0 Å². The molecular weight excluding hydrogens is 312 g/mol. The number of hydrogen-bond acceptors (Lipinski definition) is 4. The molecule has 0 atom stereocenters. The second-order valence-electron chi connectivity index (χ2n) is 5.00. The first-order chi connectivity index (χ1) is 11.0. The third-order valence-corrected chi connectivity index (χ3v) is 4.64. The van der Waals surface area contributed by atoms with Gasteiger partial charge in [-0.3, -0.25) is 4.79 Å². The average molecular weight is 328 g/mol. The first-order valence-electron chi connectivity index (χ1n) is 7.11. The normalized spacial score (nSPS) is 10.7. The molecule has 0 unspecified atom stereocenters. The van der Waals surface area contributed by atoms with Gasteiger partial charge in [-0.2, -0.15) is 5.26 Å². The van der Waals surface area contributed by atoms with Gasteiger partial charge in [0, 0.05) is 6.42 Å². The van der Waals surface area contributed by atoms with Gasteiger partial charge in [0.1, 0.15) is 0 Å². The van der Waals surface area contributed by atoms with Crippen molar-refractivity contribution in [3.05, 3.63) is 65.7 Å². The van der Waals surface area contributed by atoms with Crippen LogP contribution in [-0.2, 0) is 21.2 Å². The molecule has 0 heterocycles. The van der Waals surface area contributed by atoms with Gasteiger partial charge in [0.2, 0.25) is 5.91 Å². The van der Waals surface area contributed by atoms with E-state index in [1.54, 1.807) is 0 Å². The van der Waals surface area contributed by atoms with Crippen molar-refractivity contribution in [1.82, 2.24) is 4.72 Å². The maximum absolute atomic E-state index is 12.1. The molecule has 23 heavy (non-hydrogen) atoms. The van der Waals surface area contributed by atoms with Crippen LogP contribution in [0.15, 0.2) is 59.5 Å². The van der Waals surface area contributed by atoms with Crippen LogP contribution in [0.3, 0.4) is 0 Å². The number of amides is 1. The number of nitriles is 1. The fraction of sp³-hybridized carbons (Fsp3) is 0.176. The zero-order valence-electron chi connectivity index (χ0n) is 12.4. The molecule has 0 aliphatic carbocycles. The molecule has 0 aliphatic heterocycles. The summed E-state index contributed by atoms with van der Waals surface area (Å²) in [6, 6.07) is 17.0. The van der Waals surface area contributed by atoms with Crippen molar-refractivity contribution < 1.29 is 13.2 Å². The third-order valence-electron chi connectivity index (χ3n) is 3.25. The summed E-state index contributed by atoms with van der Waals surface area (Å²) in [6.45, 7) is 0. The quantitative estimate of drug-likeness (QED) is 0.882. The Labute approximate surface area is 135 Å². The molecular formula is C17H16N2O3S. The Hall–Kier alpha value is -2.65. The molecule has 0 radical (unpaired) electrons. The highest BCUT2D eigenvalue weighted by atomic mass is 32.2. The third kappa shape index (κ3) is 4.94. The first kappa shape index (κ1) is 16.7. The van der Waals surface area contributed by atoms with E-state index in [-0.39, 0.29) is 11.3 Å². The molecule has 0 bridgehead atoms. The number of carbonyl (C=O) groups is 1. The number of rotatable bonds is 6. The highest BCUT2D eigenvalue weighted by Gasteiger charge is 2.17. The van der Waals surface area contributed by atoms with Crippen LogP contribution < -0.4 is 4.72 Å². The molecule has 0 saturated carbocycles. The summed E-state index contributed by atoms with van der Waals surface area (Å²) in [5.41, 5.74) is 1.47. The topological polar surface area (TPSA) is 87.0 Å². The summed E-state index contributed by atoms with van der Waals surface area (Å²) in [4.78, 5) is 11.8. The van der Waals surface area contributed by atoms with Gasteiger partial charge in [0.25, 0.3) is 10.0 Å². The number of benzene rings is 2. The summed E-state index contributed by atoms with van der Waals surface area (Å²) in [7, 11) is -3.89. The van der Waals surface area contributed by atoms with Crippen molar-refractivity contribution >= 4 is 15.9 Å². The first-order valence-corrected chi connectivity index (χ1v) is 8.59. The molecule has 0 aromatic heterocycles. The Morgan fingerprint density at radius 1 is 1.04 bits per heavy atom. The van der Waals surface area contributed by atoms with Crippen molar-refractivity contribution in [3.63, 3.8) is 0 Å². The van der Waals surface area contributed by atoms with Gasteiger partial charge in [0.15, 0.2) is 0 Å². The Morgan fingerprint density at radius 3 is 2.30 bits per heavy atom. The Balaban J connectivity index is 1.89. The van der Waals surface area contributed by atoms with Gasteiger partial charge in [-0.15, -0.1) is 0 Å². The molecule has 0 saturated heterocycles. The van der Waals surface area contributed by atoms with Crippen LogP contribution in [0.1, 0.15) is 24.0 Å². The van der Waals surface area contributed by atoms with E-state index in [0.29, 0.717) is 18.4 Å². The minimum absolute atomic E-state index is 0.0343. The van der Waals surface area contributed by atoms with Crippen LogP contribution in [0.4, 0.5) is 0 Å². The standard InChI is InChI=1S/C17H16N2O3S/c18-13-15-9-11-16(12-10-15)23(21,22)19-17(20)8-4-7-14-5-2-1-3-6-14/h1-3,5-6,9-12H,4,7-8H2,(H,19,20). The van der Waals surface area contributed by atoms with Crippen molar-refractivity contribution in [3.8, 4) is 6.07 Å². The summed E-state index contributed by atoms with van der Waals surface area (Å²) in [6.07, 6.45) is 1.41. The van der Waals surface area contributed by atoms with E-state index in [1.807, 2.05) is 41.1 Å². The zero-order valence-corrected chi connectivity index (χ0v) is 13.2. The van der Waals surface area contributed by atoms with Gasteiger partial charge in [-0.05, 0) is 42.7 Å². The Kier molecular flexibility index (Phi) is 5.50. The fourth-order valence-electron chi connectivity index (χ4n) is 2.07. The van der Waals surface area contributed by atoms with Crippen LogP contribution >= 0.6 is 0 Å². The fourth-order valence-corrected chi connectivity index (χ4v) is 3.08. The zero-order chi connectivity index (χ0) is 16.7. The highest BCUT2D eigenvalue weighted by molar-refractivity contribution is 7.90. The van der Waals surface area contributed by atoms with Gasteiger partial charge in [-0.25, -0.2) is 13.1 Å². The Morgan fingerprint density at radius 2 is 1.70 bits per heavy atom. The molecule has 2 aromatic rings. The van der Waals surface area contributed by atoms with Crippen LogP contribution in [0, 0.1) is 11.3 Å². The largest absolute Gasteiger partial charge is 0.274 e. The second-order valence-corrected chi connectivity index (χ2v) is 6.69. The maximum Gasteiger partial charge on any atom is 0.264 e. The van der Waals surface area contributed by atoms with Crippen molar-refractivity contribution in [2.45, 2.75) is 24.2 Å². The van der Waals surface area contributed by atoms with Crippen LogP contribution in [0.5, 0.6) is 0 Å². The lowest BCUT2D eigenvalue weighted by Crippen LogP contribution is -2.30. The lowest BCUT2D eigenvalue weighted by Gasteiger charge is -2.07. The summed E-state index contributed by atoms with van der Waals surface area (Å²) >= 11 is 0. The molecule has 1 N–H and O–H groups in total. The van der Waals surface area contributed by atoms with Gasteiger partial charge in [-0.1, -0.05) is 30.3 Å². The molecule has 2 rings (SSSR count). The lowest BCUT2D eigenvalue weighted by molar-refractivity contribution is -0.119. The molecule has 0 spiro atoms. The maximum atomic E-state index is 12.1. The summed E-state index contributed by atoms with van der Waals surface area (Å²) < 4.78 is 26.2. The molecule has 6 heteroatoms. The predicted molar refractivity (Wildman–Crippen MR) is 85.9 cm³/mol. The van der Waals surface area contributed by atoms with Crippen LogP contribution in [-0.4, -0.2) is 14.3 Å². The number of nitrogens with one attached hydrogen (secondary N) is 1.